The fourth-order valence-corrected chi connectivity index (χ4v) is 3.94. The second-order valence-electron chi connectivity index (χ2n) is 5.75. The number of nitrogens with zero attached hydrogens (tertiary/aromatic N) is 2. The van der Waals surface area contributed by atoms with Crippen molar-refractivity contribution in [2.24, 2.45) is 0 Å². The Morgan fingerprint density at radius 2 is 1.96 bits per heavy atom. The first-order chi connectivity index (χ1) is 12.0. The molecule has 0 atom stereocenters. The van der Waals surface area contributed by atoms with E-state index in [0.29, 0.717) is 22.5 Å². The van der Waals surface area contributed by atoms with Gasteiger partial charge in [0.2, 0.25) is 0 Å². The zero-order valence-corrected chi connectivity index (χ0v) is 15.1. The standard InChI is InChI=1S/C18H21N3O3S/c1-3-4-12-21-13-17(16-6-5-11-19-18(16)21)25(22,23)20-14-7-9-15(24-2)10-8-14/h5-11,13,20H,3-4,12H2,1-2H3. The van der Waals surface area contributed by atoms with Gasteiger partial charge in [-0.25, -0.2) is 13.4 Å². The maximum absolute atomic E-state index is 12.9. The molecule has 0 fully saturated rings. The van der Waals surface area contributed by atoms with Crippen LogP contribution in [0.25, 0.3) is 11.0 Å². The number of ether oxygens (including phenoxy) is 1. The van der Waals surface area contributed by atoms with Crippen molar-refractivity contribution < 1.29 is 13.2 Å². The molecule has 0 spiro atoms. The first-order valence-electron chi connectivity index (χ1n) is 8.16. The molecule has 0 saturated heterocycles. The van der Waals surface area contributed by atoms with E-state index in [1.807, 2.05) is 4.57 Å². The molecule has 0 saturated carbocycles. The number of anilines is 1. The van der Waals surface area contributed by atoms with Gasteiger partial charge in [0.25, 0.3) is 10.0 Å². The molecule has 25 heavy (non-hydrogen) atoms. The number of methoxy groups -OCH3 is 1. The Kier molecular flexibility index (Phi) is 4.94. The number of pyridine rings is 1. The van der Waals surface area contributed by atoms with Crippen molar-refractivity contribution in [3.63, 3.8) is 0 Å². The number of rotatable bonds is 7. The van der Waals surface area contributed by atoms with Gasteiger partial charge >= 0.3 is 0 Å². The predicted octanol–water partition coefficient (Wildman–Crippen LogP) is 3.65. The molecular formula is C18H21N3O3S. The Hall–Kier alpha value is -2.54. The van der Waals surface area contributed by atoms with Gasteiger partial charge in [-0.3, -0.25) is 4.72 Å². The van der Waals surface area contributed by atoms with Crippen LogP contribution in [0.4, 0.5) is 5.69 Å². The number of fused-ring (bicyclic) bond motifs is 1. The molecule has 0 bridgehead atoms. The van der Waals surface area contributed by atoms with Crippen LogP contribution in [-0.2, 0) is 16.6 Å². The Labute approximate surface area is 147 Å². The first-order valence-corrected chi connectivity index (χ1v) is 9.64. The maximum atomic E-state index is 12.9. The summed E-state index contributed by atoms with van der Waals surface area (Å²) in [4.78, 5) is 4.59. The Morgan fingerprint density at radius 3 is 2.64 bits per heavy atom. The number of hydrogen-bond donors (Lipinski definition) is 1. The lowest BCUT2D eigenvalue weighted by Gasteiger charge is -2.08. The van der Waals surface area contributed by atoms with Crippen LogP contribution < -0.4 is 9.46 Å². The highest BCUT2D eigenvalue weighted by Crippen LogP contribution is 2.26. The highest BCUT2D eigenvalue weighted by molar-refractivity contribution is 7.93. The van der Waals surface area contributed by atoms with Gasteiger partial charge in [-0.15, -0.1) is 0 Å². The van der Waals surface area contributed by atoms with E-state index in [2.05, 4.69) is 16.6 Å². The van der Waals surface area contributed by atoms with E-state index in [0.717, 1.165) is 19.4 Å². The Morgan fingerprint density at radius 1 is 1.20 bits per heavy atom. The average Bonchev–Trinajstić information content (AvgIpc) is 3.00. The van der Waals surface area contributed by atoms with Gasteiger partial charge < -0.3 is 9.30 Å². The number of sulfonamides is 1. The van der Waals surface area contributed by atoms with Gasteiger partial charge in [-0.2, -0.15) is 0 Å². The average molecular weight is 359 g/mol. The monoisotopic (exact) mass is 359 g/mol. The van der Waals surface area contributed by atoms with E-state index in [9.17, 15) is 8.42 Å². The molecule has 2 aromatic heterocycles. The van der Waals surface area contributed by atoms with Gasteiger partial charge in [0.1, 0.15) is 16.3 Å². The number of hydrogen-bond acceptors (Lipinski definition) is 4. The highest BCUT2D eigenvalue weighted by Gasteiger charge is 2.21. The largest absolute Gasteiger partial charge is 0.497 e. The van der Waals surface area contributed by atoms with Gasteiger partial charge in [-0.1, -0.05) is 13.3 Å². The minimum atomic E-state index is -3.72. The second-order valence-corrected chi connectivity index (χ2v) is 7.40. The zero-order valence-electron chi connectivity index (χ0n) is 14.3. The second kappa shape index (κ2) is 7.14. The SMILES string of the molecule is CCCCn1cc(S(=O)(=O)Nc2ccc(OC)cc2)c2cccnc21. The summed E-state index contributed by atoms with van der Waals surface area (Å²) in [5.74, 6) is 0.670. The summed E-state index contributed by atoms with van der Waals surface area (Å²) < 4.78 is 35.4. The molecule has 1 aromatic carbocycles. The summed E-state index contributed by atoms with van der Waals surface area (Å²) in [6.07, 6.45) is 5.34. The van der Waals surface area contributed by atoms with Crippen molar-refractivity contribution in [2.75, 3.05) is 11.8 Å². The third kappa shape index (κ3) is 3.61. The lowest BCUT2D eigenvalue weighted by atomic mass is 10.3. The molecular weight excluding hydrogens is 338 g/mol. The molecule has 0 aliphatic rings. The van der Waals surface area contributed by atoms with Crippen LogP contribution in [0.15, 0.2) is 53.7 Å². The quantitative estimate of drug-likeness (QED) is 0.699. The van der Waals surface area contributed by atoms with Crippen LogP contribution in [0.1, 0.15) is 19.8 Å². The van der Waals surface area contributed by atoms with E-state index in [1.165, 1.54) is 0 Å². The number of nitrogens with one attached hydrogen (secondary N) is 1. The molecule has 132 valence electrons. The van der Waals surface area contributed by atoms with E-state index in [4.69, 9.17) is 4.74 Å². The summed E-state index contributed by atoms with van der Waals surface area (Å²) in [6.45, 7) is 2.84. The molecule has 7 heteroatoms. The summed E-state index contributed by atoms with van der Waals surface area (Å²) in [7, 11) is -2.15. The fourth-order valence-electron chi connectivity index (χ4n) is 2.67. The minimum absolute atomic E-state index is 0.238. The van der Waals surface area contributed by atoms with Crippen LogP contribution in [0, 0.1) is 0 Å². The molecule has 0 aliphatic carbocycles. The maximum Gasteiger partial charge on any atom is 0.264 e. The smallest absolute Gasteiger partial charge is 0.264 e. The third-order valence-corrected chi connectivity index (χ3v) is 5.39. The number of benzene rings is 1. The predicted molar refractivity (Wildman–Crippen MR) is 98.4 cm³/mol. The third-order valence-electron chi connectivity index (χ3n) is 3.98. The van der Waals surface area contributed by atoms with Crippen molar-refractivity contribution in [1.29, 1.82) is 0 Å². The van der Waals surface area contributed by atoms with Crippen LogP contribution >= 0.6 is 0 Å². The van der Waals surface area contributed by atoms with Gasteiger partial charge in [-0.05, 0) is 42.8 Å². The fraction of sp³-hybridized carbons (Fsp3) is 0.278. The van der Waals surface area contributed by atoms with E-state index in [-0.39, 0.29) is 4.90 Å². The Bertz CT molecular complexity index is 963. The van der Waals surface area contributed by atoms with E-state index >= 15 is 0 Å². The highest BCUT2D eigenvalue weighted by atomic mass is 32.2. The number of aryl methyl sites for hydroxylation is 1. The summed E-state index contributed by atoms with van der Waals surface area (Å²) in [5, 5.41) is 0.625. The first kappa shape index (κ1) is 17.3. The van der Waals surface area contributed by atoms with Crippen molar-refractivity contribution in [2.45, 2.75) is 31.2 Å². The molecule has 6 nitrogen and oxygen atoms in total. The van der Waals surface area contributed by atoms with Crippen LogP contribution in [0.2, 0.25) is 0 Å². The van der Waals surface area contributed by atoms with Crippen molar-refractivity contribution in [3.05, 3.63) is 48.8 Å². The molecule has 3 aromatic rings. The van der Waals surface area contributed by atoms with Crippen molar-refractivity contribution >= 4 is 26.7 Å². The number of aromatic nitrogens is 2. The van der Waals surface area contributed by atoms with Crippen molar-refractivity contribution in [3.8, 4) is 5.75 Å². The lowest BCUT2D eigenvalue weighted by Crippen LogP contribution is -2.12. The molecule has 2 heterocycles. The molecule has 3 rings (SSSR count). The van der Waals surface area contributed by atoms with E-state index in [1.54, 1.807) is 55.9 Å². The van der Waals surface area contributed by atoms with Crippen LogP contribution in [0.3, 0.4) is 0 Å². The summed E-state index contributed by atoms with van der Waals surface area (Å²) >= 11 is 0. The topological polar surface area (TPSA) is 73.2 Å². The minimum Gasteiger partial charge on any atom is -0.497 e. The van der Waals surface area contributed by atoms with E-state index < -0.39 is 10.0 Å². The van der Waals surface area contributed by atoms with Crippen LogP contribution in [-0.4, -0.2) is 25.1 Å². The normalized spacial score (nSPS) is 11.6. The molecule has 0 amide bonds. The Balaban J connectivity index is 1.98. The summed E-state index contributed by atoms with van der Waals surface area (Å²) in [6, 6.07) is 10.3. The van der Waals surface area contributed by atoms with Gasteiger partial charge in [0.15, 0.2) is 0 Å². The number of unbranched alkanes of at least 4 members (excludes halogenated alkanes) is 1. The molecule has 0 radical (unpaired) electrons. The lowest BCUT2D eigenvalue weighted by molar-refractivity contribution is 0.415. The van der Waals surface area contributed by atoms with Gasteiger partial charge in [0.05, 0.1) is 7.11 Å². The van der Waals surface area contributed by atoms with Gasteiger partial charge in [0, 0.05) is 30.0 Å². The van der Waals surface area contributed by atoms with Crippen LogP contribution in [0.5, 0.6) is 5.75 Å². The molecule has 1 N–H and O–H groups in total. The zero-order chi connectivity index (χ0) is 17.9. The molecule has 0 aliphatic heterocycles. The summed E-state index contributed by atoms with van der Waals surface area (Å²) in [5.41, 5.74) is 1.17. The molecule has 0 unspecified atom stereocenters. The van der Waals surface area contributed by atoms with Crippen molar-refractivity contribution in [1.82, 2.24) is 9.55 Å².